The van der Waals surface area contributed by atoms with Gasteiger partial charge in [-0.3, -0.25) is 0 Å². The first-order valence-corrected chi connectivity index (χ1v) is 10.4. The molecule has 33 heavy (non-hydrogen) atoms. The predicted molar refractivity (Wildman–Crippen MR) is 109 cm³/mol. The molecular formula is C21H14Cl2F4N2O4. The lowest BCUT2D eigenvalue weighted by atomic mass is 9.83. The Hall–Kier alpha value is -2.56. The number of carbonyl (C=O) groups is 1. The highest BCUT2D eigenvalue weighted by Gasteiger charge is 2.62. The number of halogens is 6. The summed E-state index contributed by atoms with van der Waals surface area (Å²) >= 11 is 11.5. The number of ether oxygens (including phenoxy) is 1. The maximum Gasteiger partial charge on any atom is 0.435 e. The fourth-order valence-electron chi connectivity index (χ4n) is 4.45. The van der Waals surface area contributed by atoms with Gasteiger partial charge < -0.3 is 19.6 Å². The van der Waals surface area contributed by atoms with Crippen LogP contribution < -0.4 is 0 Å². The van der Waals surface area contributed by atoms with Crippen molar-refractivity contribution >= 4 is 35.0 Å². The number of carboxylic acid groups (broad SMARTS) is 1. The van der Waals surface area contributed by atoms with E-state index in [0.717, 1.165) is 23.3 Å². The summed E-state index contributed by atoms with van der Waals surface area (Å²) in [5.74, 6) is -1.02. The standard InChI is InChI=1S/C21H14Cl2F4N2O4/c22-14-4-12(5-15(23)17(14)24)20(21(25,26)27)6-16(28-33-20)10-1-2-13-11(3-10)7-32-19(13)8-29(9-19)18(30)31/h1-5H,6-9H2,(H,30,31). The Morgan fingerprint density at radius 2 is 1.82 bits per heavy atom. The van der Waals surface area contributed by atoms with Gasteiger partial charge in [-0.1, -0.05) is 40.5 Å². The second kappa shape index (κ2) is 7.22. The van der Waals surface area contributed by atoms with Crippen LogP contribution in [0.15, 0.2) is 35.5 Å². The first kappa shape index (κ1) is 22.2. The average molecular weight is 505 g/mol. The van der Waals surface area contributed by atoms with Crippen molar-refractivity contribution in [2.45, 2.75) is 30.4 Å². The van der Waals surface area contributed by atoms with Crippen LogP contribution in [-0.2, 0) is 27.4 Å². The lowest BCUT2D eigenvalue weighted by molar-refractivity contribution is -0.275. The van der Waals surface area contributed by atoms with E-state index in [1.165, 1.54) is 4.90 Å². The van der Waals surface area contributed by atoms with Crippen molar-refractivity contribution in [1.29, 1.82) is 0 Å². The first-order chi connectivity index (χ1) is 15.5. The minimum absolute atomic E-state index is 0.0356. The highest BCUT2D eigenvalue weighted by molar-refractivity contribution is 6.35. The van der Waals surface area contributed by atoms with Crippen LogP contribution in [0, 0.1) is 5.82 Å². The van der Waals surface area contributed by atoms with Crippen LogP contribution in [0.5, 0.6) is 0 Å². The molecule has 3 aliphatic heterocycles. The molecule has 1 amide bonds. The Morgan fingerprint density at radius 3 is 2.42 bits per heavy atom. The Morgan fingerprint density at radius 1 is 1.15 bits per heavy atom. The van der Waals surface area contributed by atoms with Crippen LogP contribution in [0.3, 0.4) is 0 Å². The number of benzene rings is 2. The molecule has 1 saturated heterocycles. The number of alkyl halides is 3. The number of amides is 1. The summed E-state index contributed by atoms with van der Waals surface area (Å²) in [7, 11) is 0. The van der Waals surface area contributed by atoms with Gasteiger partial charge in [-0.05, 0) is 34.9 Å². The van der Waals surface area contributed by atoms with Gasteiger partial charge in [0, 0.05) is 12.0 Å². The number of hydrogen-bond donors (Lipinski definition) is 1. The molecule has 1 fully saturated rings. The zero-order valence-corrected chi connectivity index (χ0v) is 18.1. The number of fused-ring (bicyclic) bond motifs is 2. The molecule has 2 aromatic rings. The largest absolute Gasteiger partial charge is 0.465 e. The van der Waals surface area contributed by atoms with Gasteiger partial charge in [0.25, 0.3) is 5.60 Å². The smallest absolute Gasteiger partial charge is 0.435 e. The normalized spacial score (nSPS) is 23.2. The maximum absolute atomic E-state index is 14.2. The Balaban J connectivity index is 1.45. The molecule has 0 aromatic heterocycles. The Labute approximate surface area is 194 Å². The van der Waals surface area contributed by atoms with Crippen molar-refractivity contribution in [1.82, 2.24) is 4.90 Å². The van der Waals surface area contributed by atoms with Crippen LogP contribution in [-0.4, -0.2) is 41.1 Å². The number of oxime groups is 1. The van der Waals surface area contributed by atoms with E-state index in [2.05, 4.69) is 5.16 Å². The number of nitrogens with zero attached hydrogens (tertiary/aromatic N) is 2. The quantitative estimate of drug-likeness (QED) is 0.437. The van der Waals surface area contributed by atoms with Crippen LogP contribution in [0.1, 0.15) is 28.7 Å². The molecule has 6 nitrogen and oxygen atoms in total. The fourth-order valence-corrected chi connectivity index (χ4v) is 4.93. The summed E-state index contributed by atoms with van der Waals surface area (Å²) in [6, 6.07) is 6.63. The van der Waals surface area contributed by atoms with Gasteiger partial charge in [-0.2, -0.15) is 13.2 Å². The van der Waals surface area contributed by atoms with Crippen molar-refractivity contribution in [3.05, 3.63) is 68.4 Å². The summed E-state index contributed by atoms with van der Waals surface area (Å²) in [6.07, 6.45) is -6.62. The minimum atomic E-state index is -4.90. The van der Waals surface area contributed by atoms with Gasteiger partial charge >= 0.3 is 12.3 Å². The molecule has 3 aliphatic rings. The topological polar surface area (TPSA) is 71.4 Å². The van der Waals surface area contributed by atoms with E-state index in [1.807, 2.05) is 0 Å². The molecule has 12 heteroatoms. The van der Waals surface area contributed by atoms with Crippen molar-refractivity contribution in [3.63, 3.8) is 0 Å². The van der Waals surface area contributed by atoms with Crippen LogP contribution in [0.4, 0.5) is 22.4 Å². The molecule has 3 heterocycles. The van der Waals surface area contributed by atoms with Gasteiger partial charge in [0.05, 0.1) is 35.5 Å². The van der Waals surface area contributed by atoms with Crippen LogP contribution >= 0.6 is 23.2 Å². The Kier molecular flexibility index (Phi) is 4.86. The second-order valence-electron chi connectivity index (χ2n) is 8.18. The zero-order valence-electron chi connectivity index (χ0n) is 16.5. The van der Waals surface area contributed by atoms with Gasteiger partial charge in [-0.15, -0.1) is 0 Å². The van der Waals surface area contributed by atoms with Gasteiger partial charge in [0.2, 0.25) is 0 Å². The molecule has 0 aliphatic carbocycles. The Bertz CT molecular complexity index is 1190. The van der Waals surface area contributed by atoms with Gasteiger partial charge in [0.1, 0.15) is 5.60 Å². The van der Waals surface area contributed by atoms with Crippen molar-refractivity contribution in [2.24, 2.45) is 5.16 Å². The lowest BCUT2D eigenvalue weighted by Crippen LogP contribution is -2.60. The highest BCUT2D eigenvalue weighted by Crippen LogP contribution is 2.50. The molecule has 2 aromatic carbocycles. The molecule has 5 rings (SSSR count). The van der Waals surface area contributed by atoms with Crippen LogP contribution in [0.2, 0.25) is 10.0 Å². The number of rotatable bonds is 2. The molecule has 0 saturated carbocycles. The van der Waals surface area contributed by atoms with Crippen molar-refractivity contribution < 1.29 is 37.0 Å². The van der Waals surface area contributed by atoms with Crippen LogP contribution in [0.25, 0.3) is 0 Å². The molecule has 1 atom stereocenters. The molecule has 1 spiro atoms. The van der Waals surface area contributed by atoms with E-state index in [9.17, 15) is 22.4 Å². The van der Waals surface area contributed by atoms with Gasteiger partial charge in [-0.25, -0.2) is 9.18 Å². The zero-order chi connectivity index (χ0) is 23.8. The molecule has 1 N–H and O–H groups in total. The van der Waals surface area contributed by atoms with E-state index in [0.29, 0.717) is 5.56 Å². The third-order valence-corrected chi connectivity index (χ3v) is 6.78. The lowest BCUT2D eigenvalue weighted by Gasteiger charge is -2.45. The van der Waals surface area contributed by atoms with E-state index >= 15 is 0 Å². The molecule has 174 valence electrons. The maximum atomic E-state index is 14.2. The van der Waals surface area contributed by atoms with Crippen molar-refractivity contribution in [3.8, 4) is 0 Å². The second-order valence-corrected chi connectivity index (χ2v) is 8.99. The summed E-state index contributed by atoms with van der Waals surface area (Å²) < 4.78 is 62.2. The monoisotopic (exact) mass is 504 g/mol. The van der Waals surface area contributed by atoms with E-state index < -0.39 is 51.3 Å². The van der Waals surface area contributed by atoms with E-state index in [1.54, 1.807) is 18.2 Å². The van der Waals surface area contributed by atoms with Crippen molar-refractivity contribution in [2.75, 3.05) is 13.1 Å². The first-order valence-electron chi connectivity index (χ1n) is 9.68. The summed E-state index contributed by atoms with van der Waals surface area (Å²) in [4.78, 5) is 17.3. The molecular weight excluding hydrogens is 491 g/mol. The SMILES string of the molecule is O=C(O)N1CC2(C1)OCc1cc(C3=NOC(c4cc(Cl)c(F)c(Cl)c4)(C(F)(F)F)C3)ccc12. The summed E-state index contributed by atoms with van der Waals surface area (Å²) in [5, 5.41) is 11.7. The number of likely N-dealkylation sites (tertiary alicyclic amines) is 1. The molecule has 1 unspecified atom stereocenters. The number of hydrogen-bond acceptors (Lipinski definition) is 4. The third kappa shape index (κ3) is 3.26. The van der Waals surface area contributed by atoms with E-state index in [-0.39, 0.29) is 25.4 Å². The van der Waals surface area contributed by atoms with Gasteiger partial charge in [0.15, 0.2) is 5.82 Å². The predicted octanol–water partition coefficient (Wildman–Crippen LogP) is 5.43. The average Bonchev–Trinajstić information content (AvgIpc) is 3.33. The summed E-state index contributed by atoms with van der Waals surface area (Å²) in [6.45, 7) is 0.558. The highest BCUT2D eigenvalue weighted by atomic mass is 35.5. The molecule has 0 radical (unpaired) electrons. The van der Waals surface area contributed by atoms with E-state index in [4.69, 9.17) is 37.9 Å². The summed E-state index contributed by atoms with van der Waals surface area (Å²) in [5.41, 5.74) is -2.12. The molecule has 0 bridgehead atoms. The third-order valence-electron chi connectivity index (χ3n) is 6.23. The fraction of sp³-hybridized carbons (Fsp3) is 0.333. The minimum Gasteiger partial charge on any atom is -0.465 e.